The molecule has 5 nitrogen and oxygen atoms in total. The van der Waals surface area contributed by atoms with Gasteiger partial charge in [-0.2, -0.15) is 0 Å². The van der Waals surface area contributed by atoms with Crippen molar-refractivity contribution in [3.63, 3.8) is 0 Å². The first-order valence-corrected chi connectivity index (χ1v) is 9.08. The van der Waals surface area contributed by atoms with Crippen molar-refractivity contribution in [1.29, 1.82) is 0 Å². The number of hydrogen-bond donors (Lipinski definition) is 2. The minimum absolute atomic E-state index is 0.0290. The lowest BCUT2D eigenvalue weighted by atomic mass is 10.1. The topological polar surface area (TPSA) is 75.6 Å². The Morgan fingerprint density at radius 2 is 1.92 bits per heavy atom. The zero-order valence-corrected chi connectivity index (χ0v) is 14.4. The van der Waals surface area contributed by atoms with Crippen LogP contribution in [0.25, 0.3) is 0 Å². The minimum Gasteiger partial charge on any atom is -0.487 e. The number of carbonyl (C=O) groups excluding carboxylic acids is 1. The SMILES string of the molecule is O=C(CCc1ccc(C(=O)O)cc1)NCC1CSc2ccccc2O1. The lowest BCUT2D eigenvalue weighted by Crippen LogP contribution is -2.38. The molecular formula is C19H19NO4S. The Morgan fingerprint density at radius 3 is 2.68 bits per heavy atom. The number of carbonyl (C=O) groups is 2. The van der Waals surface area contributed by atoms with Gasteiger partial charge in [-0.05, 0) is 36.2 Å². The predicted molar refractivity (Wildman–Crippen MR) is 96.3 cm³/mol. The maximum Gasteiger partial charge on any atom is 0.335 e. The standard InChI is InChI=1S/C19H19NO4S/c21-18(10-7-13-5-8-14(9-6-13)19(22)23)20-11-15-12-25-17-4-2-1-3-16(17)24-15/h1-6,8-9,15H,7,10-12H2,(H,20,21)(H,22,23). The van der Waals surface area contributed by atoms with Crippen LogP contribution in [0.3, 0.4) is 0 Å². The van der Waals surface area contributed by atoms with E-state index in [2.05, 4.69) is 5.32 Å². The largest absolute Gasteiger partial charge is 0.487 e. The Kier molecular flexibility index (Phi) is 5.60. The van der Waals surface area contributed by atoms with E-state index in [0.717, 1.165) is 22.0 Å². The maximum atomic E-state index is 12.0. The maximum absolute atomic E-state index is 12.0. The number of amides is 1. The molecule has 2 aromatic rings. The Bertz CT molecular complexity index is 760. The summed E-state index contributed by atoms with van der Waals surface area (Å²) in [4.78, 5) is 24.0. The first-order chi connectivity index (χ1) is 12.1. The molecule has 1 aliphatic rings. The number of ether oxygens (including phenoxy) is 1. The van der Waals surface area contributed by atoms with E-state index >= 15 is 0 Å². The van der Waals surface area contributed by atoms with E-state index < -0.39 is 5.97 Å². The summed E-state index contributed by atoms with van der Waals surface area (Å²) in [5.74, 6) is 0.705. The van der Waals surface area contributed by atoms with Crippen molar-refractivity contribution >= 4 is 23.6 Å². The van der Waals surface area contributed by atoms with Crippen LogP contribution < -0.4 is 10.1 Å². The number of aryl methyl sites for hydroxylation is 1. The van der Waals surface area contributed by atoms with Gasteiger partial charge < -0.3 is 15.2 Å². The minimum atomic E-state index is -0.948. The van der Waals surface area contributed by atoms with Crippen LogP contribution in [0.4, 0.5) is 0 Å². The van der Waals surface area contributed by atoms with Crippen molar-refractivity contribution in [3.8, 4) is 5.75 Å². The second-order valence-corrected chi connectivity index (χ2v) is 6.87. The molecule has 0 saturated heterocycles. The Labute approximate surface area is 150 Å². The van der Waals surface area contributed by atoms with E-state index in [-0.39, 0.29) is 17.6 Å². The molecule has 0 aliphatic carbocycles. The monoisotopic (exact) mass is 357 g/mol. The number of aromatic carboxylic acids is 1. The third-order valence-corrected chi connectivity index (χ3v) is 5.12. The first kappa shape index (κ1) is 17.4. The summed E-state index contributed by atoms with van der Waals surface area (Å²) in [6.45, 7) is 0.484. The van der Waals surface area contributed by atoms with E-state index in [0.29, 0.717) is 19.4 Å². The third-order valence-electron chi connectivity index (χ3n) is 3.94. The van der Waals surface area contributed by atoms with Crippen LogP contribution >= 0.6 is 11.8 Å². The van der Waals surface area contributed by atoms with Crippen LogP contribution in [0.2, 0.25) is 0 Å². The quantitative estimate of drug-likeness (QED) is 0.831. The molecule has 25 heavy (non-hydrogen) atoms. The van der Waals surface area contributed by atoms with E-state index in [1.807, 2.05) is 24.3 Å². The Hall–Kier alpha value is -2.47. The van der Waals surface area contributed by atoms with Crippen LogP contribution in [0.15, 0.2) is 53.4 Å². The molecule has 1 atom stereocenters. The molecule has 0 fully saturated rings. The zero-order chi connectivity index (χ0) is 17.6. The summed E-state index contributed by atoms with van der Waals surface area (Å²) < 4.78 is 5.89. The highest BCUT2D eigenvalue weighted by molar-refractivity contribution is 7.99. The van der Waals surface area contributed by atoms with Crippen molar-refractivity contribution in [2.45, 2.75) is 23.8 Å². The number of carboxylic acids is 1. The number of nitrogens with one attached hydrogen (secondary N) is 1. The van der Waals surface area contributed by atoms with Gasteiger partial charge in [-0.15, -0.1) is 11.8 Å². The Morgan fingerprint density at radius 1 is 1.16 bits per heavy atom. The van der Waals surface area contributed by atoms with Crippen LogP contribution in [-0.2, 0) is 11.2 Å². The number of fused-ring (bicyclic) bond motifs is 1. The number of para-hydroxylation sites is 1. The van der Waals surface area contributed by atoms with Gasteiger partial charge in [-0.25, -0.2) is 4.79 Å². The molecule has 0 bridgehead atoms. The van der Waals surface area contributed by atoms with Gasteiger partial charge in [0.15, 0.2) is 0 Å². The van der Waals surface area contributed by atoms with Crippen LogP contribution in [0, 0.1) is 0 Å². The zero-order valence-electron chi connectivity index (χ0n) is 13.6. The highest BCUT2D eigenvalue weighted by atomic mass is 32.2. The summed E-state index contributed by atoms with van der Waals surface area (Å²) in [7, 11) is 0. The van der Waals surface area contributed by atoms with Crippen LogP contribution in [0.5, 0.6) is 5.75 Å². The molecule has 1 unspecified atom stereocenters. The summed E-state index contributed by atoms with van der Waals surface area (Å²) in [5.41, 5.74) is 1.19. The molecule has 0 aromatic heterocycles. The third kappa shape index (κ3) is 4.76. The Balaban J connectivity index is 1.42. The normalized spacial score (nSPS) is 15.8. The number of rotatable bonds is 6. The molecule has 0 spiro atoms. The average molecular weight is 357 g/mol. The summed E-state index contributed by atoms with van der Waals surface area (Å²) >= 11 is 1.74. The molecule has 2 aromatic carbocycles. The molecule has 0 radical (unpaired) electrons. The second-order valence-electron chi connectivity index (χ2n) is 5.80. The van der Waals surface area contributed by atoms with Crippen molar-refractivity contribution in [2.24, 2.45) is 0 Å². The summed E-state index contributed by atoms with van der Waals surface area (Å²) in [6.07, 6.45) is 0.913. The van der Waals surface area contributed by atoms with Crippen molar-refractivity contribution in [3.05, 3.63) is 59.7 Å². The van der Waals surface area contributed by atoms with Crippen molar-refractivity contribution < 1.29 is 19.4 Å². The number of benzene rings is 2. The van der Waals surface area contributed by atoms with Gasteiger partial charge in [0, 0.05) is 17.1 Å². The van der Waals surface area contributed by atoms with Crippen LogP contribution in [0.1, 0.15) is 22.3 Å². The fourth-order valence-corrected chi connectivity index (χ4v) is 3.54. The molecule has 1 aliphatic heterocycles. The van der Waals surface area contributed by atoms with E-state index in [1.165, 1.54) is 0 Å². The highest BCUT2D eigenvalue weighted by Crippen LogP contribution is 2.34. The molecule has 0 saturated carbocycles. The number of hydrogen-bond acceptors (Lipinski definition) is 4. The lowest BCUT2D eigenvalue weighted by molar-refractivity contribution is -0.121. The van der Waals surface area contributed by atoms with Crippen molar-refractivity contribution in [1.82, 2.24) is 5.32 Å². The molecule has 3 rings (SSSR count). The summed E-state index contributed by atoms with van der Waals surface area (Å²) in [6, 6.07) is 14.5. The van der Waals surface area contributed by atoms with Crippen LogP contribution in [-0.4, -0.2) is 35.4 Å². The molecule has 1 heterocycles. The highest BCUT2D eigenvalue weighted by Gasteiger charge is 2.20. The smallest absolute Gasteiger partial charge is 0.335 e. The number of thioether (sulfide) groups is 1. The molecule has 1 amide bonds. The van der Waals surface area contributed by atoms with Gasteiger partial charge >= 0.3 is 5.97 Å². The molecule has 130 valence electrons. The van der Waals surface area contributed by atoms with Gasteiger partial charge in [-0.3, -0.25) is 4.79 Å². The predicted octanol–water partition coefficient (Wildman–Crippen LogP) is 2.99. The summed E-state index contributed by atoms with van der Waals surface area (Å²) in [5, 5.41) is 11.8. The van der Waals surface area contributed by atoms with E-state index in [9.17, 15) is 9.59 Å². The average Bonchev–Trinajstić information content (AvgIpc) is 2.65. The lowest BCUT2D eigenvalue weighted by Gasteiger charge is -2.25. The molecule has 2 N–H and O–H groups in total. The fourth-order valence-electron chi connectivity index (χ4n) is 2.55. The molecule has 6 heteroatoms. The van der Waals surface area contributed by atoms with Gasteiger partial charge in [0.2, 0.25) is 5.91 Å². The van der Waals surface area contributed by atoms with Gasteiger partial charge in [0.25, 0.3) is 0 Å². The first-order valence-electron chi connectivity index (χ1n) is 8.09. The van der Waals surface area contributed by atoms with Gasteiger partial charge in [0.05, 0.1) is 12.1 Å². The van der Waals surface area contributed by atoms with E-state index in [4.69, 9.17) is 9.84 Å². The van der Waals surface area contributed by atoms with E-state index in [1.54, 1.807) is 36.0 Å². The number of carboxylic acid groups (broad SMARTS) is 1. The van der Waals surface area contributed by atoms with Gasteiger partial charge in [-0.1, -0.05) is 24.3 Å². The van der Waals surface area contributed by atoms with Crippen molar-refractivity contribution in [2.75, 3.05) is 12.3 Å². The second kappa shape index (κ2) is 8.07. The fraction of sp³-hybridized carbons (Fsp3) is 0.263. The van der Waals surface area contributed by atoms with Gasteiger partial charge in [0.1, 0.15) is 11.9 Å². The molecular weight excluding hydrogens is 338 g/mol.